The highest BCUT2D eigenvalue weighted by Gasteiger charge is 2.14. The van der Waals surface area contributed by atoms with E-state index >= 15 is 0 Å². The van der Waals surface area contributed by atoms with Crippen LogP contribution in [0.25, 0.3) is 0 Å². The van der Waals surface area contributed by atoms with Crippen molar-refractivity contribution >= 4 is 11.7 Å². The number of hydrogen-bond acceptors (Lipinski definition) is 3. The van der Waals surface area contributed by atoms with Gasteiger partial charge in [-0.1, -0.05) is 42.5 Å². The van der Waals surface area contributed by atoms with E-state index in [1.54, 1.807) is 48.5 Å². The van der Waals surface area contributed by atoms with Crippen molar-refractivity contribution in [3.8, 4) is 5.75 Å². The van der Waals surface area contributed by atoms with Crippen molar-refractivity contribution < 1.29 is 14.4 Å². The Morgan fingerprint density at radius 2 is 1.58 bits per heavy atom. The van der Waals surface area contributed by atoms with Crippen LogP contribution < -0.4 is 10.3 Å². The molecular weight excluding hydrogens is 242 g/mol. The van der Waals surface area contributed by atoms with Crippen LogP contribution >= 0.6 is 0 Å². The average molecular weight is 255 g/mol. The van der Waals surface area contributed by atoms with Crippen molar-refractivity contribution in [2.75, 3.05) is 0 Å². The highest BCUT2D eigenvalue weighted by atomic mass is 16.7. The molecule has 1 amide bonds. The second-order valence-corrected chi connectivity index (χ2v) is 3.95. The Hall–Kier alpha value is -2.62. The molecule has 2 rings (SSSR count). The van der Waals surface area contributed by atoms with Gasteiger partial charge in [-0.3, -0.25) is 9.59 Å². The number of nitrogens with one attached hydrogen (secondary N) is 1. The molecule has 0 atom stereocenters. The summed E-state index contributed by atoms with van der Waals surface area (Å²) in [5.74, 6) is -0.157. The van der Waals surface area contributed by atoms with Gasteiger partial charge < -0.3 is 4.84 Å². The van der Waals surface area contributed by atoms with Crippen LogP contribution in [0, 0.1) is 0 Å². The highest BCUT2D eigenvalue weighted by Crippen LogP contribution is 2.20. The Morgan fingerprint density at radius 3 is 2.26 bits per heavy atom. The summed E-state index contributed by atoms with van der Waals surface area (Å²) >= 11 is 0. The fraction of sp³-hybridized carbons (Fsp3) is 0.0667. The lowest BCUT2D eigenvalue weighted by atomic mass is 10.0. The normalized spacial score (nSPS) is 9.74. The molecule has 96 valence electrons. The topological polar surface area (TPSA) is 55.4 Å². The number of ketones is 1. The van der Waals surface area contributed by atoms with Gasteiger partial charge >= 0.3 is 0 Å². The number of para-hydroxylation sites is 1. The number of hydrogen-bond donors (Lipinski definition) is 1. The SMILES string of the molecule is CC(=O)NOc1ccccc1C(=O)c1ccccc1. The molecule has 1 N–H and O–H groups in total. The summed E-state index contributed by atoms with van der Waals surface area (Å²) in [4.78, 5) is 28.3. The van der Waals surface area contributed by atoms with Gasteiger partial charge in [-0.2, -0.15) is 5.48 Å². The van der Waals surface area contributed by atoms with Gasteiger partial charge in [0.25, 0.3) is 0 Å². The molecule has 19 heavy (non-hydrogen) atoms. The van der Waals surface area contributed by atoms with Gasteiger partial charge in [0.15, 0.2) is 11.5 Å². The minimum absolute atomic E-state index is 0.151. The predicted octanol–water partition coefficient (Wildman–Crippen LogP) is 2.35. The summed E-state index contributed by atoms with van der Waals surface area (Å²) in [6, 6.07) is 15.7. The first kappa shape index (κ1) is 12.8. The predicted molar refractivity (Wildman–Crippen MR) is 70.8 cm³/mol. The third kappa shape index (κ3) is 3.19. The third-order valence-electron chi connectivity index (χ3n) is 2.47. The van der Waals surface area contributed by atoms with E-state index in [2.05, 4.69) is 5.48 Å². The standard InChI is InChI=1S/C15H13NO3/c1-11(17)16-19-14-10-6-5-9-13(14)15(18)12-7-3-2-4-8-12/h2-10H,1H3,(H,16,17). The van der Waals surface area contributed by atoms with E-state index in [1.165, 1.54) is 6.92 Å². The number of benzene rings is 2. The molecule has 0 fully saturated rings. The van der Waals surface area contributed by atoms with Crippen LogP contribution in [-0.2, 0) is 4.79 Å². The molecule has 0 bridgehead atoms. The van der Waals surface area contributed by atoms with Crippen molar-refractivity contribution in [3.05, 3.63) is 65.7 Å². The molecule has 4 heteroatoms. The number of amides is 1. The first-order valence-electron chi connectivity index (χ1n) is 5.80. The number of carbonyl (C=O) groups excluding carboxylic acids is 2. The van der Waals surface area contributed by atoms with Crippen LogP contribution in [0.2, 0.25) is 0 Å². The number of rotatable bonds is 4. The molecule has 2 aromatic rings. The van der Waals surface area contributed by atoms with Crippen LogP contribution in [0.5, 0.6) is 5.75 Å². The fourth-order valence-corrected chi connectivity index (χ4v) is 1.62. The smallest absolute Gasteiger partial charge is 0.249 e. The minimum Gasteiger partial charge on any atom is -0.379 e. The average Bonchev–Trinajstić information content (AvgIpc) is 2.45. The maximum Gasteiger partial charge on any atom is 0.249 e. The van der Waals surface area contributed by atoms with Gasteiger partial charge in [0.05, 0.1) is 5.56 Å². The van der Waals surface area contributed by atoms with Crippen molar-refractivity contribution in [2.24, 2.45) is 0 Å². The molecule has 0 saturated carbocycles. The van der Waals surface area contributed by atoms with E-state index in [1.807, 2.05) is 6.07 Å². The van der Waals surface area contributed by atoms with Gasteiger partial charge in [-0.15, -0.1) is 0 Å². The second kappa shape index (κ2) is 5.82. The molecule has 0 aliphatic rings. The summed E-state index contributed by atoms with van der Waals surface area (Å²) in [6.45, 7) is 1.33. The van der Waals surface area contributed by atoms with Crippen LogP contribution in [-0.4, -0.2) is 11.7 Å². The molecule has 0 aliphatic heterocycles. The van der Waals surface area contributed by atoms with E-state index in [9.17, 15) is 9.59 Å². The van der Waals surface area contributed by atoms with Gasteiger partial charge in [-0.25, -0.2) is 0 Å². The Labute approximate surface area is 111 Å². The molecule has 0 saturated heterocycles. The molecule has 0 unspecified atom stereocenters. The lowest BCUT2D eigenvalue weighted by molar-refractivity contribution is -0.125. The molecule has 0 aromatic heterocycles. The molecule has 0 aliphatic carbocycles. The lowest BCUT2D eigenvalue weighted by Crippen LogP contribution is -2.24. The van der Waals surface area contributed by atoms with E-state index in [4.69, 9.17) is 4.84 Å². The number of carbonyl (C=O) groups is 2. The van der Waals surface area contributed by atoms with Crippen molar-refractivity contribution in [1.82, 2.24) is 5.48 Å². The van der Waals surface area contributed by atoms with E-state index < -0.39 is 0 Å². The van der Waals surface area contributed by atoms with E-state index in [0.29, 0.717) is 16.9 Å². The first-order valence-corrected chi connectivity index (χ1v) is 5.80. The van der Waals surface area contributed by atoms with Crippen molar-refractivity contribution in [3.63, 3.8) is 0 Å². The molecule has 0 radical (unpaired) electrons. The first-order chi connectivity index (χ1) is 9.18. The zero-order valence-electron chi connectivity index (χ0n) is 10.4. The zero-order chi connectivity index (χ0) is 13.7. The molecular formula is C15H13NO3. The third-order valence-corrected chi connectivity index (χ3v) is 2.47. The summed E-state index contributed by atoms with van der Waals surface area (Å²) in [7, 11) is 0. The zero-order valence-corrected chi connectivity index (χ0v) is 10.4. The molecule has 0 spiro atoms. The van der Waals surface area contributed by atoms with Crippen LogP contribution in [0.4, 0.5) is 0 Å². The Balaban J connectivity index is 2.29. The Bertz CT molecular complexity index is 593. The highest BCUT2D eigenvalue weighted by molar-refractivity contribution is 6.10. The maximum atomic E-state index is 12.3. The monoisotopic (exact) mass is 255 g/mol. The minimum atomic E-state index is -0.332. The Kier molecular flexibility index (Phi) is 3.93. The second-order valence-electron chi connectivity index (χ2n) is 3.95. The molecule has 4 nitrogen and oxygen atoms in total. The quantitative estimate of drug-likeness (QED) is 0.674. The number of hydroxylamine groups is 1. The van der Waals surface area contributed by atoms with Crippen molar-refractivity contribution in [1.29, 1.82) is 0 Å². The molecule has 0 heterocycles. The fourth-order valence-electron chi connectivity index (χ4n) is 1.62. The van der Waals surface area contributed by atoms with Gasteiger partial charge in [0.2, 0.25) is 5.91 Å². The van der Waals surface area contributed by atoms with Gasteiger partial charge in [-0.05, 0) is 12.1 Å². The molecule has 2 aromatic carbocycles. The van der Waals surface area contributed by atoms with Gasteiger partial charge in [0.1, 0.15) is 0 Å². The van der Waals surface area contributed by atoms with Crippen LogP contribution in [0.15, 0.2) is 54.6 Å². The van der Waals surface area contributed by atoms with Gasteiger partial charge in [0, 0.05) is 12.5 Å². The summed E-state index contributed by atoms with van der Waals surface area (Å²) < 4.78 is 0. The largest absolute Gasteiger partial charge is 0.379 e. The van der Waals surface area contributed by atoms with E-state index in [-0.39, 0.29) is 11.7 Å². The van der Waals surface area contributed by atoms with Crippen LogP contribution in [0.1, 0.15) is 22.8 Å². The lowest BCUT2D eigenvalue weighted by Gasteiger charge is -2.09. The van der Waals surface area contributed by atoms with Crippen LogP contribution in [0.3, 0.4) is 0 Å². The summed E-state index contributed by atoms with van der Waals surface area (Å²) in [5.41, 5.74) is 3.19. The van der Waals surface area contributed by atoms with E-state index in [0.717, 1.165) is 0 Å². The Morgan fingerprint density at radius 1 is 0.947 bits per heavy atom. The summed E-state index contributed by atoms with van der Waals surface area (Å²) in [5, 5.41) is 0. The van der Waals surface area contributed by atoms with Crippen molar-refractivity contribution in [2.45, 2.75) is 6.92 Å². The maximum absolute atomic E-state index is 12.3. The summed E-state index contributed by atoms with van der Waals surface area (Å²) in [6.07, 6.45) is 0.